The summed E-state index contributed by atoms with van der Waals surface area (Å²) in [5.74, 6) is 2.51. The highest BCUT2D eigenvalue weighted by atomic mass is 35.5. The molecule has 2 N–H and O–H groups in total. The number of hydrogen-bond donors (Lipinski definition) is 2. The highest BCUT2D eigenvalue weighted by Crippen LogP contribution is 2.34. The van der Waals surface area contributed by atoms with Gasteiger partial charge in [0.05, 0.1) is 16.2 Å². The second-order valence-electron chi connectivity index (χ2n) is 8.63. The molecule has 2 aromatic heterocycles. The predicted molar refractivity (Wildman–Crippen MR) is 120 cm³/mol. The zero-order valence-electron chi connectivity index (χ0n) is 17.4. The monoisotopic (exact) mass is 439 g/mol. The van der Waals surface area contributed by atoms with Crippen molar-refractivity contribution in [3.8, 4) is 0 Å². The molecule has 1 saturated carbocycles. The molecule has 31 heavy (non-hydrogen) atoms. The van der Waals surface area contributed by atoms with Crippen molar-refractivity contribution in [3.05, 3.63) is 35.1 Å². The Kier molecular flexibility index (Phi) is 5.72. The van der Waals surface area contributed by atoms with Crippen molar-refractivity contribution in [1.29, 1.82) is 0 Å². The number of rotatable bonds is 5. The number of carbonyl (C=O) groups is 1. The van der Waals surface area contributed by atoms with Crippen molar-refractivity contribution in [3.63, 3.8) is 0 Å². The van der Waals surface area contributed by atoms with E-state index in [9.17, 15) is 4.79 Å². The molecular weight excluding hydrogens is 414 g/mol. The topological polar surface area (TPSA) is 99.7 Å². The highest BCUT2D eigenvalue weighted by Gasteiger charge is 2.27. The number of nitrogens with one attached hydrogen (secondary N) is 2. The number of benzene rings is 1. The molecule has 1 aromatic carbocycles. The Labute approximate surface area is 185 Å². The van der Waals surface area contributed by atoms with Crippen LogP contribution < -0.4 is 10.2 Å². The van der Waals surface area contributed by atoms with E-state index in [4.69, 9.17) is 16.6 Å². The van der Waals surface area contributed by atoms with Gasteiger partial charge < -0.3 is 10.2 Å². The number of hydrogen-bond acceptors (Lipinski definition) is 6. The third-order valence-corrected chi connectivity index (χ3v) is 6.84. The minimum atomic E-state index is 0.0356. The molecular formula is C22H26ClN7O. The van der Waals surface area contributed by atoms with E-state index in [-0.39, 0.29) is 11.8 Å². The first-order chi connectivity index (χ1) is 15.2. The van der Waals surface area contributed by atoms with Crippen LogP contribution >= 0.6 is 11.6 Å². The first-order valence-electron chi connectivity index (χ1n) is 11.0. The Balaban J connectivity index is 1.33. The van der Waals surface area contributed by atoms with E-state index in [1.807, 2.05) is 24.3 Å². The Hall–Kier alpha value is -2.74. The number of nitrogens with zero attached hydrogens (tertiary/aromatic N) is 5. The maximum atomic E-state index is 12.7. The fourth-order valence-electron chi connectivity index (χ4n) is 4.84. The van der Waals surface area contributed by atoms with Crippen molar-refractivity contribution in [2.24, 2.45) is 5.92 Å². The lowest BCUT2D eigenvalue weighted by molar-refractivity contribution is -0.117. The van der Waals surface area contributed by atoms with E-state index in [1.54, 1.807) is 0 Å². The van der Waals surface area contributed by atoms with Gasteiger partial charge in [-0.05, 0) is 59.9 Å². The van der Waals surface area contributed by atoms with E-state index in [2.05, 4.69) is 30.8 Å². The van der Waals surface area contributed by atoms with Crippen LogP contribution in [0.3, 0.4) is 0 Å². The molecule has 8 nitrogen and oxygen atoms in total. The van der Waals surface area contributed by atoms with Gasteiger partial charge in [-0.2, -0.15) is 0 Å². The molecule has 0 unspecified atom stereocenters. The van der Waals surface area contributed by atoms with Crippen LogP contribution in [-0.4, -0.2) is 44.6 Å². The number of aromatic nitrogens is 5. The molecule has 2 fully saturated rings. The molecule has 1 aliphatic carbocycles. The number of fused-ring (bicyclic) bond motifs is 1. The van der Waals surface area contributed by atoms with Gasteiger partial charge in [0.25, 0.3) is 0 Å². The Morgan fingerprint density at radius 3 is 2.84 bits per heavy atom. The molecule has 162 valence electrons. The summed E-state index contributed by atoms with van der Waals surface area (Å²) in [6.07, 6.45) is 7.55. The van der Waals surface area contributed by atoms with Crippen molar-refractivity contribution in [2.75, 3.05) is 23.3 Å². The minimum absolute atomic E-state index is 0.0356. The van der Waals surface area contributed by atoms with Gasteiger partial charge in [-0.3, -0.25) is 4.79 Å². The number of carbonyl (C=O) groups excluding carboxylic acids is 1. The smallest absolute Gasteiger partial charge is 0.224 e. The number of amides is 1. The van der Waals surface area contributed by atoms with Gasteiger partial charge in [0.15, 0.2) is 5.82 Å². The average molecular weight is 440 g/mol. The fraction of sp³-hybridized carbons (Fsp3) is 0.500. The lowest BCUT2D eigenvalue weighted by Crippen LogP contribution is -2.21. The lowest BCUT2D eigenvalue weighted by atomic mass is 9.87. The molecule has 9 heteroatoms. The van der Waals surface area contributed by atoms with Crippen molar-refractivity contribution in [2.45, 2.75) is 50.9 Å². The minimum Gasteiger partial charge on any atom is -0.356 e. The van der Waals surface area contributed by atoms with Crippen LogP contribution in [0.15, 0.2) is 24.3 Å². The number of pyridine rings is 1. The lowest BCUT2D eigenvalue weighted by Gasteiger charge is -2.21. The Bertz CT molecular complexity index is 1070. The number of aromatic amines is 1. The summed E-state index contributed by atoms with van der Waals surface area (Å²) in [5, 5.41) is 18.7. The van der Waals surface area contributed by atoms with Gasteiger partial charge in [-0.25, -0.2) is 10.1 Å². The summed E-state index contributed by atoms with van der Waals surface area (Å²) in [7, 11) is 0. The quantitative estimate of drug-likeness (QED) is 0.614. The fourth-order valence-corrected chi connectivity index (χ4v) is 5.06. The predicted octanol–water partition coefficient (Wildman–Crippen LogP) is 4.30. The number of halogens is 1. The molecule has 0 bridgehead atoms. The van der Waals surface area contributed by atoms with Gasteiger partial charge in [0.1, 0.15) is 5.82 Å². The number of H-pyrrole nitrogens is 1. The maximum Gasteiger partial charge on any atom is 0.224 e. The summed E-state index contributed by atoms with van der Waals surface area (Å²) in [6.45, 7) is 1.70. The van der Waals surface area contributed by atoms with Crippen molar-refractivity contribution >= 4 is 39.9 Å². The number of anilines is 2. The van der Waals surface area contributed by atoms with Gasteiger partial charge >= 0.3 is 0 Å². The van der Waals surface area contributed by atoms with Crippen LogP contribution in [0.1, 0.15) is 56.7 Å². The van der Waals surface area contributed by atoms with E-state index in [0.717, 1.165) is 54.9 Å². The third kappa shape index (κ3) is 4.35. The third-order valence-electron chi connectivity index (χ3n) is 6.53. The molecule has 5 rings (SSSR count). The Morgan fingerprint density at radius 2 is 2.03 bits per heavy atom. The van der Waals surface area contributed by atoms with E-state index in [1.165, 1.54) is 19.3 Å². The van der Waals surface area contributed by atoms with E-state index < -0.39 is 0 Å². The molecule has 1 atom stereocenters. The van der Waals surface area contributed by atoms with Crippen LogP contribution in [0, 0.1) is 5.92 Å². The molecule has 1 saturated heterocycles. The zero-order chi connectivity index (χ0) is 21.2. The van der Waals surface area contributed by atoms with Crippen LogP contribution in [0.4, 0.5) is 11.5 Å². The van der Waals surface area contributed by atoms with Crippen molar-refractivity contribution in [1.82, 2.24) is 25.6 Å². The summed E-state index contributed by atoms with van der Waals surface area (Å²) < 4.78 is 0. The molecule has 1 amide bonds. The van der Waals surface area contributed by atoms with Gasteiger partial charge in [0, 0.05) is 30.8 Å². The summed E-state index contributed by atoms with van der Waals surface area (Å²) >= 11 is 6.46. The zero-order valence-corrected chi connectivity index (χ0v) is 18.1. The molecule has 3 heterocycles. The van der Waals surface area contributed by atoms with Crippen LogP contribution in [-0.2, 0) is 4.79 Å². The summed E-state index contributed by atoms with van der Waals surface area (Å²) in [4.78, 5) is 19.8. The van der Waals surface area contributed by atoms with Gasteiger partial charge in [-0.1, -0.05) is 30.9 Å². The first-order valence-corrected chi connectivity index (χ1v) is 11.4. The second kappa shape index (κ2) is 8.78. The molecule has 3 aromatic rings. The standard InChI is InChI=1S/C22H26ClN7O/c23-17-7-8-18-16(21(17)25-20(31)12-14-4-2-1-3-5-14)6-9-19(24-18)30-11-10-15(13-30)22-26-28-29-27-22/h6-9,14-15H,1-5,10-13H2,(H,25,31)(H,26,27,28,29)/t15-/m0/s1. The maximum absolute atomic E-state index is 12.7. The van der Waals surface area contributed by atoms with E-state index >= 15 is 0 Å². The first kappa shape index (κ1) is 20.2. The van der Waals surface area contributed by atoms with Crippen molar-refractivity contribution < 1.29 is 4.79 Å². The largest absolute Gasteiger partial charge is 0.356 e. The number of tetrazole rings is 1. The summed E-state index contributed by atoms with van der Waals surface area (Å²) in [5.41, 5.74) is 1.48. The highest BCUT2D eigenvalue weighted by molar-refractivity contribution is 6.35. The molecule has 0 radical (unpaired) electrons. The molecule has 2 aliphatic rings. The van der Waals surface area contributed by atoms with Gasteiger partial charge in [-0.15, -0.1) is 5.10 Å². The SMILES string of the molecule is O=C(CC1CCCCC1)Nc1c(Cl)ccc2nc(N3CC[C@H](c4nnn[nH]4)C3)ccc12. The molecule has 0 spiro atoms. The average Bonchev–Trinajstić information content (AvgIpc) is 3.48. The van der Waals surface area contributed by atoms with Crippen LogP contribution in [0.5, 0.6) is 0 Å². The Morgan fingerprint density at radius 1 is 1.16 bits per heavy atom. The summed E-state index contributed by atoms with van der Waals surface area (Å²) in [6, 6.07) is 7.72. The van der Waals surface area contributed by atoms with Crippen LogP contribution in [0.25, 0.3) is 10.9 Å². The van der Waals surface area contributed by atoms with Gasteiger partial charge in [0.2, 0.25) is 5.91 Å². The van der Waals surface area contributed by atoms with E-state index in [0.29, 0.717) is 23.0 Å². The van der Waals surface area contributed by atoms with Crippen LogP contribution in [0.2, 0.25) is 5.02 Å². The second-order valence-corrected chi connectivity index (χ2v) is 9.04. The normalized spacial score (nSPS) is 19.8. The molecule has 1 aliphatic heterocycles.